The first-order valence-corrected chi connectivity index (χ1v) is 10.4. The number of carbonyl (C=O) groups is 1. The van der Waals surface area contributed by atoms with Crippen molar-refractivity contribution in [1.82, 2.24) is 4.90 Å². The fourth-order valence-electron chi connectivity index (χ4n) is 3.81. The van der Waals surface area contributed by atoms with Crippen LogP contribution in [0.25, 0.3) is 0 Å². The number of carbonyl (C=O) groups excluding carboxylic acids is 1. The average molecular weight is 382 g/mol. The summed E-state index contributed by atoms with van der Waals surface area (Å²) in [6.07, 6.45) is 2.63. The highest BCUT2D eigenvalue weighted by Gasteiger charge is 2.22. The van der Waals surface area contributed by atoms with Gasteiger partial charge in [0, 0.05) is 13.0 Å². The molecule has 1 aliphatic heterocycles. The van der Waals surface area contributed by atoms with Gasteiger partial charge >= 0.3 is 5.97 Å². The van der Waals surface area contributed by atoms with E-state index in [0.29, 0.717) is 25.6 Å². The van der Waals surface area contributed by atoms with E-state index in [2.05, 4.69) is 53.4 Å². The Morgan fingerprint density at radius 3 is 2.11 bits per heavy atom. The minimum atomic E-state index is -0.0575. The Morgan fingerprint density at radius 2 is 1.57 bits per heavy atom. The maximum atomic E-state index is 11.7. The van der Waals surface area contributed by atoms with E-state index in [9.17, 15) is 4.79 Å². The fraction of sp³-hybridized carbons (Fsp3) is 0.458. The molecule has 0 aliphatic carbocycles. The van der Waals surface area contributed by atoms with E-state index < -0.39 is 0 Å². The zero-order chi connectivity index (χ0) is 19.6. The fourth-order valence-corrected chi connectivity index (χ4v) is 3.81. The zero-order valence-electron chi connectivity index (χ0n) is 16.8. The van der Waals surface area contributed by atoms with Gasteiger partial charge in [-0.05, 0) is 49.9 Å². The van der Waals surface area contributed by atoms with Crippen LogP contribution in [0.2, 0.25) is 0 Å². The molecule has 0 atom stereocenters. The largest absolute Gasteiger partial charge is 0.466 e. The smallest absolute Gasteiger partial charge is 0.306 e. The molecule has 0 bridgehead atoms. The molecule has 0 saturated carbocycles. The molecule has 0 spiro atoms. The Bertz CT molecular complexity index is 657. The molecule has 150 valence electrons. The summed E-state index contributed by atoms with van der Waals surface area (Å²) in [7, 11) is 0. The number of nitrogens with zero attached hydrogens (tertiary/aromatic N) is 1. The molecule has 0 unspecified atom stereocenters. The van der Waals surface area contributed by atoms with Crippen molar-refractivity contribution in [2.45, 2.75) is 32.3 Å². The third-order valence-corrected chi connectivity index (χ3v) is 5.36. The predicted octanol–water partition coefficient (Wildman–Crippen LogP) is 4.46. The van der Waals surface area contributed by atoms with Gasteiger partial charge in [-0.1, -0.05) is 60.7 Å². The summed E-state index contributed by atoms with van der Waals surface area (Å²) in [6.45, 7) is 5.99. The first kappa shape index (κ1) is 20.6. The number of esters is 1. The maximum Gasteiger partial charge on any atom is 0.306 e. The summed E-state index contributed by atoms with van der Waals surface area (Å²) in [4.78, 5) is 14.1. The molecule has 4 nitrogen and oxygen atoms in total. The van der Waals surface area contributed by atoms with E-state index in [-0.39, 0.29) is 12.1 Å². The van der Waals surface area contributed by atoms with Crippen LogP contribution in [-0.2, 0) is 14.3 Å². The van der Waals surface area contributed by atoms with E-state index in [0.717, 1.165) is 32.5 Å². The van der Waals surface area contributed by atoms with Crippen LogP contribution < -0.4 is 0 Å². The van der Waals surface area contributed by atoms with E-state index in [1.165, 1.54) is 11.1 Å². The summed E-state index contributed by atoms with van der Waals surface area (Å²) in [5, 5.41) is 0. The monoisotopic (exact) mass is 381 g/mol. The van der Waals surface area contributed by atoms with Crippen LogP contribution in [0.1, 0.15) is 43.4 Å². The van der Waals surface area contributed by atoms with Gasteiger partial charge in [-0.15, -0.1) is 0 Å². The maximum absolute atomic E-state index is 11.7. The van der Waals surface area contributed by atoms with Crippen LogP contribution in [0.3, 0.4) is 0 Å². The summed E-state index contributed by atoms with van der Waals surface area (Å²) in [6, 6.07) is 20.8. The van der Waals surface area contributed by atoms with E-state index in [4.69, 9.17) is 9.47 Å². The molecule has 3 rings (SSSR count). The van der Waals surface area contributed by atoms with Gasteiger partial charge in [0.1, 0.15) is 6.10 Å². The highest BCUT2D eigenvalue weighted by atomic mass is 16.5. The van der Waals surface area contributed by atoms with Crippen LogP contribution >= 0.6 is 0 Å². The average Bonchev–Trinajstić information content (AvgIpc) is 2.74. The molecule has 28 heavy (non-hydrogen) atoms. The lowest BCUT2D eigenvalue weighted by atomic mass is 9.93. The van der Waals surface area contributed by atoms with Crippen molar-refractivity contribution in [2.75, 3.05) is 32.8 Å². The quantitative estimate of drug-likeness (QED) is 0.601. The molecule has 0 amide bonds. The second-order valence-electron chi connectivity index (χ2n) is 7.37. The minimum absolute atomic E-state index is 0.0382. The van der Waals surface area contributed by atoms with Crippen LogP contribution in [0.4, 0.5) is 0 Å². The standard InChI is InChI=1S/C24H31NO3/c1-2-27-23(26)19-20-13-15-25(16-14-20)17-18-28-24(21-9-5-3-6-10-21)22-11-7-4-8-12-22/h3-12,20,24H,2,13-19H2,1H3. The molecule has 2 aromatic carbocycles. The topological polar surface area (TPSA) is 38.8 Å². The summed E-state index contributed by atoms with van der Waals surface area (Å²) >= 11 is 0. The SMILES string of the molecule is CCOC(=O)CC1CCN(CCOC(c2ccccc2)c2ccccc2)CC1. The second-order valence-corrected chi connectivity index (χ2v) is 7.37. The van der Waals surface area contributed by atoms with Gasteiger partial charge < -0.3 is 14.4 Å². The Balaban J connectivity index is 1.47. The van der Waals surface area contributed by atoms with Gasteiger partial charge in [0.15, 0.2) is 0 Å². The molecule has 0 N–H and O–H groups in total. The van der Waals surface area contributed by atoms with Crippen molar-refractivity contribution in [3.8, 4) is 0 Å². The van der Waals surface area contributed by atoms with Crippen molar-refractivity contribution < 1.29 is 14.3 Å². The second kappa shape index (κ2) is 11.0. The normalized spacial score (nSPS) is 15.6. The van der Waals surface area contributed by atoms with Gasteiger partial charge in [-0.25, -0.2) is 0 Å². The van der Waals surface area contributed by atoms with E-state index >= 15 is 0 Å². The first-order chi connectivity index (χ1) is 13.8. The molecule has 1 saturated heterocycles. The van der Waals surface area contributed by atoms with Crippen LogP contribution in [0, 0.1) is 5.92 Å². The van der Waals surface area contributed by atoms with E-state index in [1.807, 2.05) is 19.1 Å². The van der Waals surface area contributed by atoms with Crippen molar-refractivity contribution in [3.63, 3.8) is 0 Å². The lowest BCUT2D eigenvalue weighted by Gasteiger charge is -2.32. The Morgan fingerprint density at radius 1 is 1.00 bits per heavy atom. The number of likely N-dealkylation sites (tertiary alicyclic amines) is 1. The molecule has 0 radical (unpaired) electrons. The van der Waals surface area contributed by atoms with Gasteiger partial charge in [0.25, 0.3) is 0 Å². The molecule has 2 aromatic rings. The number of ether oxygens (including phenoxy) is 2. The van der Waals surface area contributed by atoms with Crippen molar-refractivity contribution in [2.24, 2.45) is 5.92 Å². The summed E-state index contributed by atoms with van der Waals surface area (Å²) in [5.41, 5.74) is 2.36. The molecular weight excluding hydrogens is 350 g/mol. The minimum Gasteiger partial charge on any atom is -0.466 e. The molecule has 1 aliphatic rings. The van der Waals surface area contributed by atoms with Gasteiger partial charge in [0.2, 0.25) is 0 Å². The highest BCUT2D eigenvalue weighted by molar-refractivity contribution is 5.69. The molecule has 4 heteroatoms. The lowest BCUT2D eigenvalue weighted by molar-refractivity contribution is -0.144. The van der Waals surface area contributed by atoms with Crippen LogP contribution in [0.5, 0.6) is 0 Å². The van der Waals surface area contributed by atoms with Crippen molar-refractivity contribution in [3.05, 3.63) is 71.8 Å². The Kier molecular flexibility index (Phi) is 8.07. The molecular formula is C24H31NO3. The molecule has 1 heterocycles. The number of rotatable bonds is 9. The predicted molar refractivity (Wildman–Crippen MR) is 111 cm³/mol. The van der Waals surface area contributed by atoms with Gasteiger partial charge in [0.05, 0.1) is 13.2 Å². The van der Waals surface area contributed by atoms with Gasteiger partial charge in [-0.2, -0.15) is 0 Å². The first-order valence-electron chi connectivity index (χ1n) is 10.4. The van der Waals surface area contributed by atoms with Crippen LogP contribution in [0.15, 0.2) is 60.7 Å². The van der Waals surface area contributed by atoms with Crippen LogP contribution in [-0.4, -0.2) is 43.7 Å². The number of piperidine rings is 1. The highest BCUT2D eigenvalue weighted by Crippen LogP contribution is 2.26. The molecule has 0 aromatic heterocycles. The number of hydrogen-bond donors (Lipinski definition) is 0. The zero-order valence-corrected chi connectivity index (χ0v) is 16.8. The van der Waals surface area contributed by atoms with E-state index in [1.54, 1.807) is 0 Å². The Hall–Kier alpha value is -2.17. The third kappa shape index (κ3) is 6.18. The van der Waals surface area contributed by atoms with Gasteiger partial charge in [-0.3, -0.25) is 4.79 Å². The summed E-state index contributed by atoms with van der Waals surface area (Å²) in [5.74, 6) is 0.399. The number of hydrogen-bond acceptors (Lipinski definition) is 4. The molecule has 1 fully saturated rings. The third-order valence-electron chi connectivity index (χ3n) is 5.36. The lowest BCUT2D eigenvalue weighted by Crippen LogP contribution is -2.36. The van der Waals surface area contributed by atoms with Crippen molar-refractivity contribution >= 4 is 5.97 Å². The summed E-state index contributed by atoms with van der Waals surface area (Å²) < 4.78 is 11.4. The Labute approximate surface area is 168 Å². The number of benzene rings is 2. The van der Waals surface area contributed by atoms with Crippen molar-refractivity contribution in [1.29, 1.82) is 0 Å².